The summed E-state index contributed by atoms with van der Waals surface area (Å²) in [5, 5.41) is 12.3. The second-order valence-electron chi connectivity index (χ2n) is 6.04. The van der Waals surface area contributed by atoms with E-state index in [1.165, 1.54) is 0 Å². The summed E-state index contributed by atoms with van der Waals surface area (Å²) in [7, 11) is 0. The maximum atomic E-state index is 12.2. The molecule has 3 aromatic rings. The van der Waals surface area contributed by atoms with E-state index in [1.54, 1.807) is 30.3 Å². The number of H-pyrrole nitrogens is 1. The van der Waals surface area contributed by atoms with Crippen LogP contribution in [0, 0.1) is 25.2 Å². The molecule has 130 valence electrons. The molecule has 1 heterocycles. The summed E-state index contributed by atoms with van der Waals surface area (Å²) in [5.41, 5.74) is 4.35. The topological polar surface area (TPSA) is 95.0 Å². The molecule has 0 radical (unpaired) electrons. The molecule has 1 amide bonds. The summed E-state index contributed by atoms with van der Waals surface area (Å²) >= 11 is 0. The lowest BCUT2D eigenvalue weighted by Crippen LogP contribution is -2.21. The van der Waals surface area contributed by atoms with Crippen LogP contribution < -0.4 is 5.32 Å². The van der Waals surface area contributed by atoms with Crippen LogP contribution in [0.25, 0.3) is 10.9 Å². The summed E-state index contributed by atoms with van der Waals surface area (Å²) in [5.74, 6) is -1.04. The van der Waals surface area contributed by atoms with Crippen LogP contribution in [0.2, 0.25) is 0 Å². The zero-order valence-corrected chi connectivity index (χ0v) is 14.4. The summed E-state index contributed by atoms with van der Waals surface area (Å²) in [6.07, 6.45) is 0. The van der Waals surface area contributed by atoms with E-state index in [2.05, 4.69) is 10.3 Å². The Balaban J connectivity index is 1.62. The molecule has 0 spiro atoms. The molecule has 0 aliphatic rings. The molecule has 0 aliphatic heterocycles. The molecule has 1 aromatic heterocycles. The smallest absolute Gasteiger partial charge is 0.355 e. The lowest BCUT2D eigenvalue weighted by atomic mass is 10.1. The number of aromatic nitrogens is 1. The standard InChI is InChI=1S/C20H17N3O3/c1-12-7-13(2)16-9-18(23-17(16)8-12)20(25)26-11-19(24)22-15-5-3-14(10-21)4-6-15/h3-9,23H,11H2,1-2H3,(H,22,24). The number of hydrogen-bond acceptors (Lipinski definition) is 4. The molecule has 0 atom stereocenters. The van der Waals surface area contributed by atoms with E-state index in [4.69, 9.17) is 10.00 Å². The van der Waals surface area contributed by atoms with Gasteiger partial charge in [0.1, 0.15) is 5.69 Å². The monoisotopic (exact) mass is 347 g/mol. The lowest BCUT2D eigenvalue weighted by Gasteiger charge is -2.06. The number of anilines is 1. The number of carbonyl (C=O) groups is 2. The van der Waals surface area contributed by atoms with Gasteiger partial charge in [-0.15, -0.1) is 0 Å². The number of hydrogen-bond donors (Lipinski definition) is 2. The summed E-state index contributed by atoms with van der Waals surface area (Å²) < 4.78 is 5.07. The molecule has 0 bridgehead atoms. The Morgan fingerprint density at radius 1 is 1.15 bits per heavy atom. The van der Waals surface area contributed by atoms with Crippen LogP contribution in [0.5, 0.6) is 0 Å². The second-order valence-corrected chi connectivity index (χ2v) is 6.04. The highest BCUT2D eigenvalue weighted by molar-refractivity contribution is 5.98. The van der Waals surface area contributed by atoms with E-state index >= 15 is 0 Å². The van der Waals surface area contributed by atoms with Gasteiger partial charge in [-0.05, 0) is 61.4 Å². The SMILES string of the molecule is Cc1cc(C)c2cc(C(=O)OCC(=O)Nc3ccc(C#N)cc3)[nH]c2c1. The number of aryl methyl sites for hydroxylation is 2. The fourth-order valence-electron chi connectivity index (χ4n) is 2.74. The van der Waals surface area contributed by atoms with Gasteiger partial charge in [0.25, 0.3) is 5.91 Å². The molecule has 0 saturated heterocycles. The van der Waals surface area contributed by atoms with Gasteiger partial charge >= 0.3 is 5.97 Å². The van der Waals surface area contributed by atoms with Crippen molar-refractivity contribution in [3.8, 4) is 6.07 Å². The number of nitrogens with one attached hydrogen (secondary N) is 2. The molecule has 2 N–H and O–H groups in total. The third-order valence-electron chi connectivity index (χ3n) is 3.94. The van der Waals surface area contributed by atoms with E-state index in [9.17, 15) is 9.59 Å². The Kier molecular flexibility index (Phi) is 4.72. The van der Waals surface area contributed by atoms with E-state index in [0.29, 0.717) is 16.9 Å². The van der Waals surface area contributed by atoms with Gasteiger partial charge in [0.05, 0.1) is 11.6 Å². The highest BCUT2D eigenvalue weighted by atomic mass is 16.5. The van der Waals surface area contributed by atoms with E-state index in [0.717, 1.165) is 22.0 Å². The Labute approximate surface area is 150 Å². The number of ether oxygens (including phenoxy) is 1. The van der Waals surface area contributed by atoms with Crippen LogP contribution in [0.1, 0.15) is 27.2 Å². The molecule has 2 aromatic carbocycles. The van der Waals surface area contributed by atoms with Crippen molar-refractivity contribution < 1.29 is 14.3 Å². The molecule has 0 saturated carbocycles. The van der Waals surface area contributed by atoms with Crippen LogP contribution in [0.3, 0.4) is 0 Å². The number of carbonyl (C=O) groups excluding carboxylic acids is 2. The number of amides is 1. The van der Waals surface area contributed by atoms with Crippen molar-refractivity contribution in [1.82, 2.24) is 4.98 Å². The van der Waals surface area contributed by atoms with E-state index in [-0.39, 0.29) is 0 Å². The number of nitrogens with zero attached hydrogens (tertiary/aromatic N) is 1. The number of aromatic amines is 1. The molecular weight excluding hydrogens is 330 g/mol. The minimum atomic E-state index is -0.590. The van der Waals surface area contributed by atoms with Crippen LogP contribution in [-0.4, -0.2) is 23.5 Å². The van der Waals surface area contributed by atoms with Crippen molar-refractivity contribution in [3.63, 3.8) is 0 Å². The van der Waals surface area contributed by atoms with Crippen LogP contribution in [-0.2, 0) is 9.53 Å². The third kappa shape index (κ3) is 3.73. The van der Waals surface area contributed by atoms with Gasteiger partial charge < -0.3 is 15.0 Å². The normalized spacial score (nSPS) is 10.3. The minimum absolute atomic E-state index is 0.305. The Morgan fingerprint density at radius 2 is 1.88 bits per heavy atom. The quantitative estimate of drug-likeness (QED) is 0.707. The zero-order valence-electron chi connectivity index (χ0n) is 14.4. The number of fused-ring (bicyclic) bond motifs is 1. The Morgan fingerprint density at radius 3 is 2.58 bits per heavy atom. The first-order valence-corrected chi connectivity index (χ1v) is 8.03. The van der Waals surface area contributed by atoms with Gasteiger partial charge in [-0.3, -0.25) is 4.79 Å². The maximum Gasteiger partial charge on any atom is 0.355 e. The first kappa shape index (κ1) is 17.2. The zero-order chi connectivity index (χ0) is 18.7. The average Bonchev–Trinajstić information content (AvgIpc) is 3.05. The van der Waals surface area contributed by atoms with Gasteiger partial charge in [-0.1, -0.05) is 6.07 Å². The fraction of sp³-hybridized carbons (Fsp3) is 0.150. The largest absolute Gasteiger partial charge is 0.451 e. The third-order valence-corrected chi connectivity index (χ3v) is 3.94. The first-order chi connectivity index (χ1) is 12.5. The molecule has 6 heteroatoms. The molecule has 6 nitrogen and oxygen atoms in total. The van der Waals surface area contributed by atoms with Crippen molar-refractivity contribution in [1.29, 1.82) is 5.26 Å². The number of benzene rings is 2. The molecule has 0 fully saturated rings. The van der Waals surface area contributed by atoms with Crippen LogP contribution >= 0.6 is 0 Å². The van der Waals surface area contributed by atoms with E-state index in [1.807, 2.05) is 32.0 Å². The Bertz CT molecular complexity index is 1030. The minimum Gasteiger partial charge on any atom is -0.451 e. The average molecular weight is 347 g/mol. The Hall–Kier alpha value is -3.59. The maximum absolute atomic E-state index is 12.2. The van der Waals surface area contributed by atoms with Crippen LogP contribution in [0.4, 0.5) is 5.69 Å². The molecular formula is C20H17N3O3. The highest BCUT2D eigenvalue weighted by Crippen LogP contribution is 2.21. The van der Waals surface area contributed by atoms with Crippen molar-refractivity contribution in [3.05, 3.63) is 64.8 Å². The lowest BCUT2D eigenvalue weighted by molar-refractivity contribution is -0.119. The van der Waals surface area contributed by atoms with Gasteiger partial charge in [-0.2, -0.15) is 5.26 Å². The fourth-order valence-corrected chi connectivity index (χ4v) is 2.74. The molecule has 0 aliphatic carbocycles. The van der Waals surface area contributed by atoms with Gasteiger partial charge in [0.2, 0.25) is 0 Å². The van der Waals surface area contributed by atoms with Gasteiger partial charge in [0, 0.05) is 16.6 Å². The molecule has 0 unspecified atom stereocenters. The van der Waals surface area contributed by atoms with Crippen molar-refractivity contribution >= 4 is 28.5 Å². The van der Waals surface area contributed by atoms with Crippen molar-refractivity contribution in [2.24, 2.45) is 0 Å². The van der Waals surface area contributed by atoms with Gasteiger partial charge in [0.15, 0.2) is 6.61 Å². The predicted molar refractivity (Wildman–Crippen MR) is 97.8 cm³/mol. The summed E-state index contributed by atoms with van der Waals surface area (Å²) in [6.45, 7) is 3.56. The molecule has 26 heavy (non-hydrogen) atoms. The van der Waals surface area contributed by atoms with Gasteiger partial charge in [-0.25, -0.2) is 4.79 Å². The highest BCUT2D eigenvalue weighted by Gasteiger charge is 2.14. The summed E-state index contributed by atoms with van der Waals surface area (Å²) in [6, 6.07) is 14.1. The van der Waals surface area contributed by atoms with Crippen molar-refractivity contribution in [2.75, 3.05) is 11.9 Å². The number of rotatable bonds is 4. The van der Waals surface area contributed by atoms with Crippen molar-refractivity contribution in [2.45, 2.75) is 13.8 Å². The number of nitriles is 1. The van der Waals surface area contributed by atoms with E-state index < -0.39 is 18.5 Å². The predicted octanol–water partition coefficient (Wildman–Crippen LogP) is 3.45. The number of esters is 1. The first-order valence-electron chi connectivity index (χ1n) is 8.03. The summed E-state index contributed by atoms with van der Waals surface area (Å²) in [4.78, 5) is 27.1. The van der Waals surface area contributed by atoms with Crippen LogP contribution in [0.15, 0.2) is 42.5 Å². The molecule has 3 rings (SSSR count). The second kappa shape index (κ2) is 7.11.